The molecule has 1 aliphatic rings. The number of nitrogens with zero attached hydrogens (tertiary/aromatic N) is 1. The van der Waals surface area contributed by atoms with Crippen LogP contribution in [0.5, 0.6) is 0 Å². The number of halogens is 3. The second-order valence-corrected chi connectivity index (χ2v) is 4.66. The molecule has 0 radical (unpaired) electrons. The van der Waals surface area contributed by atoms with Gasteiger partial charge in [-0.15, -0.1) is 11.3 Å². The molecule has 1 aliphatic carbocycles. The highest BCUT2D eigenvalue weighted by molar-refractivity contribution is 7.13. The molecule has 1 saturated carbocycles. The van der Waals surface area contributed by atoms with Gasteiger partial charge in [0.05, 0.1) is 0 Å². The Morgan fingerprint density at radius 2 is 2.20 bits per heavy atom. The number of hydrogen-bond donors (Lipinski definition) is 1. The lowest BCUT2D eigenvalue weighted by Gasteiger charge is -2.10. The molecule has 1 unspecified atom stereocenters. The van der Waals surface area contributed by atoms with Gasteiger partial charge in [0.25, 0.3) is 0 Å². The number of nitrogens with one attached hydrogen (secondary N) is 1. The maximum absolute atomic E-state index is 12.2. The van der Waals surface area contributed by atoms with Crippen LogP contribution in [0.25, 0.3) is 0 Å². The van der Waals surface area contributed by atoms with Crippen molar-refractivity contribution in [3.63, 3.8) is 0 Å². The number of hydrogen-bond acceptors (Lipinski definition) is 3. The molecule has 1 N–H and O–H groups in total. The molecular formula is C9H11F3N2S. The molecule has 15 heavy (non-hydrogen) atoms. The second kappa shape index (κ2) is 3.66. The van der Waals surface area contributed by atoms with Crippen molar-refractivity contribution in [2.24, 2.45) is 5.92 Å². The van der Waals surface area contributed by atoms with Gasteiger partial charge in [-0.2, -0.15) is 13.2 Å². The molecular weight excluding hydrogens is 225 g/mol. The fourth-order valence-corrected chi connectivity index (χ4v) is 2.19. The number of alkyl halides is 3. The summed E-state index contributed by atoms with van der Waals surface area (Å²) in [6, 6.07) is 0.220. The Labute approximate surface area is 89.5 Å². The van der Waals surface area contributed by atoms with Crippen LogP contribution in [-0.2, 0) is 6.18 Å². The summed E-state index contributed by atoms with van der Waals surface area (Å²) in [7, 11) is 0. The van der Waals surface area contributed by atoms with Crippen molar-refractivity contribution in [3.8, 4) is 0 Å². The minimum Gasteiger partial charge on any atom is -0.359 e. The third-order valence-corrected chi connectivity index (χ3v) is 3.25. The highest BCUT2D eigenvalue weighted by atomic mass is 32.1. The van der Waals surface area contributed by atoms with Crippen molar-refractivity contribution in [1.29, 1.82) is 0 Å². The van der Waals surface area contributed by atoms with E-state index in [0.717, 1.165) is 29.6 Å². The molecule has 1 heterocycles. The van der Waals surface area contributed by atoms with Crippen LogP contribution < -0.4 is 5.32 Å². The van der Waals surface area contributed by atoms with E-state index in [1.807, 2.05) is 6.92 Å². The van der Waals surface area contributed by atoms with Crippen molar-refractivity contribution < 1.29 is 13.2 Å². The van der Waals surface area contributed by atoms with Gasteiger partial charge in [0.2, 0.25) is 0 Å². The van der Waals surface area contributed by atoms with Gasteiger partial charge in [-0.25, -0.2) is 4.98 Å². The van der Waals surface area contributed by atoms with E-state index >= 15 is 0 Å². The number of anilines is 1. The van der Waals surface area contributed by atoms with Crippen molar-refractivity contribution in [2.75, 3.05) is 5.32 Å². The molecule has 1 fully saturated rings. The third kappa shape index (κ3) is 2.62. The lowest BCUT2D eigenvalue weighted by Crippen LogP contribution is -2.17. The zero-order valence-corrected chi connectivity index (χ0v) is 8.95. The van der Waals surface area contributed by atoms with Gasteiger partial charge in [-0.05, 0) is 25.7 Å². The van der Waals surface area contributed by atoms with Crippen LogP contribution in [0.1, 0.15) is 25.5 Å². The summed E-state index contributed by atoms with van der Waals surface area (Å²) >= 11 is 1.01. The fourth-order valence-electron chi connectivity index (χ4n) is 1.38. The highest BCUT2D eigenvalue weighted by Gasteiger charge is 2.34. The van der Waals surface area contributed by atoms with E-state index in [1.165, 1.54) is 0 Å². The second-order valence-electron chi connectivity index (χ2n) is 3.81. The van der Waals surface area contributed by atoms with Crippen LogP contribution in [0.3, 0.4) is 0 Å². The van der Waals surface area contributed by atoms with E-state index in [1.54, 1.807) is 0 Å². The smallest absolute Gasteiger partial charge is 0.359 e. The Morgan fingerprint density at radius 1 is 1.53 bits per heavy atom. The number of thiazole rings is 1. The normalized spacial score (nSPS) is 18.9. The van der Waals surface area contributed by atoms with E-state index in [-0.39, 0.29) is 6.04 Å². The lowest BCUT2D eigenvalue weighted by molar-refractivity contribution is -0.140. The first-order valence-electron chi connectivity index (χ1n) is 4.76. The zero-order valence-electron chi connectivity index (χ0n) is 8.14. The Morgan fingerprint density at radius 3 is 2.67 bits per heavy atom. The summed E-state index contributed by atoms with van der Waals surface area (Å²) in [6.45, 7) is 1.98. The standard InChI is InChI=1S/C9H11F3N2S/c1-5(6-2-3-6)13-8-14-7(4-15-8)9(10,11)12/h4-6H,2-3H2,1H3,(H,13,14). The van der Waals surface area contributed by atoms with Gasteiger partial charge in [0.1, 0.15) is 0 Å². The largest absolute Gasteiger partial charge is 0.434 e. The van der Waals surface area contributed by atoms with Crippen LogP contribution in [0.15, 0.2) is 5.38 Å². The first-order valence-corrected chi connectivity index (χ1v) is 5.64. The average molecular weight is 236 g/mol. The zero-order chi connectivity index (χ0) is 11.1. The molecule has 0 aromatic carbocycles. The van der Waals surface area contributed by atoms with Gasteiger partial charge >= 0.3 is 6.18 Å². The van der Waals surface area contributed by atoms with E-state index in [0.29, 0.717) is 11.0 Å². The minimum absolute atomic E-state index is 0.220. The number of rotatable bonds is 3. The Balaban J connectivity index is 2.00. The predicted molar refractivity (Wildman–Crippen MR) is 52.9 cm³/mol. The van der Waals surface area contributed by atoms with Crippen molar-refractivity contribution in [2.45, 2.75) is 32.0 Å². The van der Waals surface area contributed by atoms with Gasteiger partial charge in [0, 0.05) is 11.4 Å². The predicted octanol–water partition coefficient (Wildman–Crippen LogP) is 3.37. The Kier molecular flexibility index (Phi) is 2.62. The van der Waals surface area contributed by atoms with E-state index in [4.69, 9.17) is 0 Å². The Hall–Kier alpha value is -0.780. The van der Waals surface area contributed by atoms with E-state index in [9.17, 15) is 13.2 Å². The number of aromatic nitrogens is 1. The van der Waals surface area contributed by atoms with Gasteiger partial charge in [-0.1, -0.05) is 0 Å². The van der Waals surface area contributed by atoms with Gasteiger partial charge in [0.15, 0.2) is 10.8 Å². The minimum atomic E-state index is -4.33. The molecule has 0 spiro atoms. The fraction of sp³-hybridized carbons (Fsp3) is 0.667. The molecule has 1 aromatic rings. The molecule has 84 valence electrons. The van der Waals surface area contributed by atoms with Crippen LogP contribution >= 0.6 is 11.3 Å². The summed E-state index contributed by atoms with van der Waals surface area (Å²) < 4.78 is 36.7. The summed E-state index contributed by atoms with van der Waals surface area (Å²) in [5, 5.41) is 4.41. The SMILES string of the molecule is CC(Nc1nc(C(F)(F)F)cs1)C1CC1. The van der Waals surface area contributed by atoms with Crippen molar-refractivity contribution in [3.05, 3.63) is 11.1 Å². The summed E-state index contributed by atoms with van der Waals surface area (Å²) in [4.78, 5) is 3.51. The monoisotopic (exact) mass is 236 g/mol. The first kappa shape index (κ1) is 10.7. The maximum atomic E-state index is 12.2. The van der Waals surface area contributed by atoms with Crippen LogP contribution in [0.4, 0.5) is 18.3 Å². The molecule has 1 atom stereocenters. The van der Waals surface area contributed by atoms with Crippen LogP contribution in [-0.4, -0.2) is 11.0 Å². The van der Waals surface area contributed by atoms with Crippen LogP contribution in [0.2, 0.25) is 0 Å². The van der Waals surface area contributed by atoms with Crippen molar-refractivity contribution in [1.82, 2.24) is 4.98 Å². The molecule has 0 saturated heterocycles. The lowest BCUT2D eigenvalue weighted by atomic mass is 10.2. The molecule has 0 bridgehead atoms. The quantitative estimate of drug-likeness (QED) is 0.870. The van der Waals surface area contributed by atoms with Crippen molar-refractivity contribution >= 4 is 16.5 Å². The Bertz CT molecular complexity index is 343. The molecule has 0 aliphatic heterocycles. The van der Waals surface area contributed by atoms with E-state index < -0.39 is 11.9 Å². The van der Waals surface area contributed by atoms with Crippen LogP contribution in [0, 0.1) is 5.92 Å². The molecule has 2 rings (SSSR count). The molecule has 2 nitrogen and oxygen atoms in total. The van der Waals surface area contributed by atoms with Gasteiger partial charge < -0.3 is 5.32 Å². The summed E-state index contributed by atoms with van der Waals surface area (Å²) in [5.74, 6) is 0.600. The summed E-state index contributed by atoms with van der Waals surface area (Å²) in [5.41, 5.74) is -0.807. The topological polar surface area (TPSA) is 24.9 Å². The molecule has 1 aromatic heterocycles. The highest BCUT2D eigenvalue weighted by Crippen LogP contribution is 2.36. The maximum Gasteiger partial charge on any atom is 0.434 e. The van der Waals surface area contributed by atoms with Gasteiger partial charge in [-0.3, -0.25) is 0 Å². The third-order valence-electron chi connectivity index (χ3n) is 2.47. The summed E-state index contributed by atoms with van der Waals surface area (Å²) in [6.07, 6.45) is -2.02. The first-order chi connectivity index (χ1) is 6.97. The molecule has 0 amide bonds. The molecule has 6 heteroatoms. The average Bonchev–Trinajstić information content (AvgIpc) is 2.86. The van der Waals surface area contributed by atoms with E-state index in [2.05, 4.69) is 10.3 Å².